The van der Waals surface area contributed by atoms with Gasteiger partial charge in [0, 0.05) is 6.54 Å². The van der Waals surface area contributed by atoms with Crippen LogP contribution >= 0.6 is 0 Å². The lowest BCUT2D eigenvalue weighted by Crippen LogP contribution is -2.59. The summed E-state index contributed by atoms with van der Waals surface area (Å²) in [6.07, 6.45) is 1.60. The van der Waals surface area contributed by atoms with Gasteiger partial charge in [-0.2, -0.15) is 0 Å². The number of amides is 2. The highest BCUT2D eigenvalue weighted by molar-refractivity contribution is 5.97. The summed E-state index contributed by atoms with van der Waals surface area (Å²) in [5.74, 6) is -0.0519. The SMILES string of the molecule is CCCC1C(=O)NC(c2ccccc2)C(=O)N1CC. The molecular weight excluding hydrogens is 240 g/mol. The normalized spacial score (nSPS) is 23.4. The van der Waals surface area contributed by atoms with Crippen molar-refractivity contribution in [2.24, 2.45) is 0 Å². The third-order valence-electron chi connectivity index (χ3n) is 3.53. The maximum atomic E-state index is 12.5. The van der Waals surface area contributed by atoms with Gasteiger partial charge in [0.05, 0.1) is 0 Å². The van der Waals surface area contributed by atoms with E-state index >= 15 is 0 Å². The summed E-state index contributed by atoms with van der Waals surface area (Å²) in [5, 5.41) is 2.85. The third kappa shape index (κ3) is 2.62. The zero-order valence-electron chi connectivity index (χ0n) is 11.4. The van der Waals surface area contributed by atoms with Gasteiger partial charge in [-0.05, 0) is 18.9 Å². The second-order valence-corrected chi connectivity index (χ2v) is 4.78. The van der Waals surface area contributed by atoms with Crippen molar-refractivity contribution in [1.82, 2.24) is 10.2 Å². The number of carbonyl (C=O) groups excluding carboxylic acids is 2. The first-order chi connectivity index (χ1) is 9.19. The van der Waals surface area contributed by atoms with Crippen LogP contribution in [0.2, 0.25) is 0 Å². The lowest BCUT2D eigenvalue weighted by atomic mass is 9.98. The summed E-state index contributed by atoms with van der Waals surface area (Å²) in [6, 6.07) is 8.54. The van der Waals surface area contributed by atoms with Crippen LogP contribution in [0, 0.1) is 0 Å². The Kier molecular flexibility index (Phi) is 4.20. The number of nitrogens with one attached hydrogen (secondary N) is 1. The lowest BCUT2D eigenvalue weighted by Gasteiger charge is -2.38. The molecule has 0 aliphatic carbocycles. The molecular formula is C15H20N2O2. The third-order valence-corrected chi connectivity index (χ3v) is 3.53. The topological polar surface area (TPSA) is 49.4 Å². The van der Waals surface area contributed by atoms with Gasteiger partial charge in [0.25, 0.3) is 0 Å². The quantitative estimate of drug-likeness (QED) is 0.898. The van der Waals surface area contributed by atoms with Crippen molar-refractivity contribution in [2.75, 3.05) is 6.54 Å². The smallest absolute Gasteiger partial charge is 0.250 e. The van der Waals surface area contributed by atoms with Crippen LogP contribution in [0.4, 0.5) is 0 Å². The van der Waals surface area contributed by atoms with E-state index in [0.29, 0.717) is 13.0 Å². The highest BCUT2D eigenvalue weighted by Crippen LogP contribution is 2.23. The minimum atomic E-state index is -0.540. The van der Waals surface area contributed by atoms with Gasteiger partial charge in [-0.25, -0.2) is 0 Å². The summed E-state index contributed by atoms with van der Waals surface area (Å²) >= 11 is 0. The molecule has 2 rings (SSSR count). The number of benzene rings is 1. The van der Waals surface area contributed by atoms with E-state index in [1.807, 2.05) is 44.2 Å². The van der Waals surface area contributed by atoms with E-state index < -0.39 is 6.04 Å². The molecule has 1 heterocycles. The largest absolute Gasteiger partial charge is 0.339 e. The molecule has 4 heteroatoms. The molecule has 1 fully saturated rings. The maximum Gasteiger partial charge on any atom is 0.250 e. The van der Waals surface area contributed by atoms with Crippen LogP contribution in [-0.4, -0.2) is 29.3 Å². The first-order valence-electron chi connectivity index (χ1n) is 6.84. The number of carbonyl (C=O) groups is 2. The Morgan fingerprint density at radius 1 is 1.16 bits per heavy atom. The van der Waals surface area contributed by atoms with Crippen LogP contribution in [0.15, 0.2) is 30.3 Å². The van der Waals surface area contributed by atoms with Crippen molar-refractivity contribution in [3.05, 3.63) is 35.9 Å². The Morgan fingerprint density at radius 2 is 1.84 bits per heavy atom. The number of nitrogens with zero attached hydrogens (tertiary/aromatic N) is 1. The Hall–Kier alpha value is -1.84. The number of hydrogen-bond donors (Lipinski definition) is 1. The highest BCUT2D eigenvalue weighted by atomic mass is 16.2. The van der Waals surface area contributed by atoms with Gasteiger partial charge in [-0.15, -0.1) is 0 Å². The van der Waals surface area contributed by atoms with Gasteiger partial charge >= 0.3 is 0 Å². The molecule has 19 heavy (non-hydrogen) atoms. The Balaban J connectivity index is 2.26. The lowest BCUT2D eigenvalue weighted by molar-refractivity contribution is -0.149. The van der Waals surface area contributed by atoms with Crippen molar-refractivity contribution in [3.63, 3.8) is 0 Å². The number of piperazine rings is 1. The molecule has 1 aromatic rings. The molecule has 0 spiro atoms. The van der Waals surface area contributed by atoms with Crippen molar-refractivity contribution in [1.29, 1.82) is 0 Å². The minimum Gasteiger partial charge on any atom is -0.339 e. The first-order valence-corrected chi connectivity index (χ1v) is 6.84. The Morgan fingerprint density at radius 3 is 2.42 bits per heavy atom. The van der Waals surface area contributed by atoms with Crippen molar-refractivity contribution >= 4 is 11.8 Å². The monoisotopic (exact) mass is 260 g/mol. The molecule has 2 amide bonds. The second-order valence-electron chi connectivity index (χ2n) is 4.78. The predicted octanol–water partition coefficient (Wildman–Crippen LogP) is 1.87. The summed E-state index contributed by atoms with van der Waals surface area (Å²) in [7, 11) is 0. The van der Waals surface area contributed by atoms with Crippen LogP contribution in [0.5, 0.6) is 0 Å². The van der Waals surface area contributed by atoms with Crippen LogP contribution in [0.25, 0.3) is 0 Å². The highest BCUT2D eigenvalue weighted by Gasteiger charge is 2.39. The van der Waals surface area contributed by atoms with E-state index in [0.717, 1.165) is 12.0 Å². The van der Waals surface area contributed by atoms with E-state index in [2.05, 4.69) is 5.32 Å². The molecule has 0 saturated carbocycles. The summed E-state index contributed by atoms with van der Waals surface area (Å²) in [5.41, 5.74) is 0.842. The van der Waals surface area contributed by atoms with Gasteiger partial charge < -0.3 is 10.2 Å². The number of likely N-dealkylation sites (N-methyl/N-ethyl adjacent to an activating group) is 1. The molecule has 4 nitrogen and oxygen atoms in total. The number of hydrogen-bond acceptors (Lipinski definition) is 2. The molecule has 1 aromatic carbocycles. The average molecular weight is 260 g/mol. The molecule has 2 atom stereocenters. The molecule has 102 valence electrons. The molecule has 0 aromatic heterocycles. The molecule has 2 unspecified atom stereocenters. The van der Waals surface area contributed by atoms with Gasteiger partial charge in [0.2, 0.25) is 11.8 Å². The summed E-state index contributed by atoms with van der Waals surface area (Å²) in [6.45, 7) is 4.51. The van der Waals surface area contributed by atoms with Gasteiger partial charge in [0.15, 0.2) is 0 Å². The van der Waals surface area contributed by atoms with E-state index in [-0.39, 0.29) is 17.9 Å². The van der Waals surface area contributed by atoms with Crippen molar-refractivity contribution < 1.29 is 9.59 Å². The Labute approximate surface area is 113 Å². The van der Waals surface area contributed by atoms with Crippen LogP contribution < -0.4 is 5.32 Å². The molecule has 1 aliphatic heterocycles. The minimum absolute atomic E-state index is 0.00764. The maximum absolute atomic E-state index is 12.5. The van der Waals surface area contributed by atoms with Crippen molar-refractivity contribution in [2.45, 2.75) is 38.8 Å². The second kappa shape index (κ2) is 5.87. The molecule has 1 saturated heterocycles. The Bertz CT molecular complexity index is 458. The fourth-order valence-electron chi connectivity index (χ4n) is 2.57. The first kappa shape index (κ1) is 13.6. The zero-order chi connectivity index (χ0) is 13.8. The summed E-state index contributed by atoms with van der Waals surface area (Å²) in [4.78, 5) is 26.4. The predicted molar refractivity (Wildman–Crippen MR) is 73.4 cm³/mol. The van der Waals surface area contributed by atoms with E-state index in [9.17, 15) is 9.59 Å². The molecule has 0 bridgehead atoms. The van der Waals surface area contributed by atoms with E-state index in [4.69, 9.17) is 0 Å². The number of rotatable bonds is 4. The van der Waals surface area contributed by atoms with Gasteiger partial charge in [-0.1, -0.05) is 43.7 Å². The molecule has 1 N–H and O–H groups in total. The van der Waals surface area contributed by atoms with E-state index in [1.54, 1.807) is 4.90 Å². The average Bonchev–Trinajstić information content (AvgIpc) is 2.44. The summed E-state index contributed by atoms with van der Waals surface area (Å²) < 4.78 is 0. The zero-order valence-corrected chi connectivity index (χ0v) is 11.4. The van der Waals surface area contributed by atoms with Gasteiger partial charge in [0.1, 0.15) is 12.1 Å². The molecule has 0 radical (unpaired) electrons. The van der Waals surface area contributed by atoms with Crippen LogP contribution in [0.3, 0.4) is 0 Å². The fraction of sp³-hybridized carbons (Fsp3) is 0.467. The standard InChI is InChI=1S/C15H20N2O2/c1-3-8-12-14(18)16-13(15(19)17(12)4-2)11-9-6-5-7-10-11/h5-7,9-10,12-13H,3-4,8H2,1-2H3,(H,16,18). The van der Waals surface area contributed by atoms with E-state index in [1.165, 1.54) is 0 Å². The van der Waals surface area contributed by atoms with Gasteiger partial charge in [-0.3, -0.25) is 9.59 Å². The fourth-order valence-corrected chi connectivity index (χ4v) is 2.57. The van der Waals surface area contributed by atoms with Crippen LogP contribution in [0.1, 0.15) is 38.3 Å². The van der Waals surface area contributed by atoms with Crippen LogP contribution in [-0.2, 0) is 9.59 Å². The van der Waals surface area contributed by atoms with Crippen molar-refractivity contribution in [3.8, 4) is 0 Å². The molecule has 1 aliphatic rings.